The average Bonchev–Trinajstić information content (AvgIpc) is 2.57. The molecule has 114 valence electrons. The number of amides is 1. The van der Waals surface area contributed by atoms with E-state index >= 15 is 0 Å². The van der Waals surface area contributed by atoms with Crippen molar-refractivity contribution in [3.05, 3.63) is 52.6 Å². The van der Waals surface area contributed by atoms with Crippen molar-refractivity contribution in [1.82, 2.24) is 15.3 Å². The van der Waals surface area contributed by atoms with E-state index in [-0.39, 0.29) is 11.5 Å². The normalized spacial score (nSPS) is 14.6. The Balaban J connectivity index is 1.66. The first-order valence-corrected chi connectivity index (χ1v) is 7.14. The summed E-state index contributed by atoms with van der Waals surface area (Å²) in [5, 5.41) is 6.00. The summed E-state index contributed by atoms with van der Waals surface area (Å²) in [6.07, 6.45) is 3.14. The topological polar surface area (TPSA) is 90.1 Å². The van der Waals surface area contributed by atoms with Crippen molar-refractivity contribution in [2.75, 3.05) is 36.4 Å². The van der Waals surface area contributed by atoms with Gasteiger partial charge in [0.15, 0.2) is 0 Å². The molecule has 1 aliphatic heterocycles. The zero-order valence-corrected chi connectivity index (χ0v) is 12.0. The lowest BCUT2D eigenvalue weighted by Gasteiger charge is -2.29. The van der Waals surface area contributed by atoms with Gasteiger partial charge in [-0.1, -0.05) is 0 Å². The molecule has 1 aliphatic rings. The Labute approximate surface area is 127 Å². The molecule has 3 rings (SSSR count). The number of hydrogen-bond donors (Lipinski definition) is 3. The van der Waals surface area contributed by atoms with Crippen molar-refractivity contribution >= 4 is 17.4 Å². The zero-order valence-electron chi connectivity index (χ0n) is 12.0. The molecule has 0 radical (unpaired) electrons. The molecule has 22 heavy (non-hydrogen) atoms. The largest absolute Gasteiger partial charge is 0.368 e. The summed E-state index contributed by atoms with van der Waals surface area (Å²) < 4.78 is 0. The molecule has 0 spiro atoms. The Morgan fingerprint density at radius 1 is 1.18 bits per heavy atom. The van der Waals surface area contributed by atoms with Crippen molar-refractivity contribution in [1.29, 1.82) is 0 Å². The first-order chi connectivity index (χ1) is 10.7. The standard InChI is InChI=1S/C15H17N5O2/c21-14-4-1-11(9-18-14)15(22)19-13-3-2-12(10-17-13)20-7-5-16-6-8-20/h1-4,9-10,16H,5-8H2,(H,18,21)(H,17,19,22). The number of carbonyl (C=O) groups excluding carboxylic acids is 1. The van der Waals surface area contributed by atoms with Crippen molar-refractivity contribution < 1.29 is 4.79 Å². The van der Waals surface area contributed by atoms with Crippen LogP contribution in [0.5, 0.6) is 0 Å². The highest BCUT2D eigenvalue weighted by atomic mass is 16.2. The summed E-state index contributed by atoms with van der Waals surface area (Å²) in [6.45, 7) is 3.82. The van der Waals surface area contributed by atoms with Gasteiger partial charge in [-0.15, -0.1) is 0 Å². The number of piperazine rings is 1. The highest BCUT2D eigenvalue weighted by Crippen LogP contribution is 2.16. The monoisotopic (exact) mass is 299 g/mol. The molecule has 1 amide bonds. The molecule has 0 unspecified atom stereocenters. The third-order valence-corrected chi connectivity index (χ3v) is 3.52. The van der Waals surface area contributed by atoms with Crippen LogP contribution in [-0.2, 0) is 0 Å². The first-order valence-electron chi connectivity index (χ1n) is 7.14. The zero-order chi connectivity index (χ0) is 15.4. The molecule has 0 aliphatic carbocycles. The smallest absolute Gasteiger partial charge is 0.258 e. The van der Waals surface area contributed by atoms with Crippen LogP contribution in [0.1, 0.15) is 10.4 Å². The molecule has 2 aromatic heterocycles. The summed E-state index contributed by atoms with van der Waals surface area (Å²) in [7, 11) is 0. The lowest BCUT2D eigenvalue weighted by Crippen LogP contribution is -2.43. The number of aromatic amines is 1. The van der Waals surface area contributed by atoms with Crippen molar-refractivity contribution in [3.63, 3.8) is 0 Å². The van der Waals surface area contributed by atoms with Crippen LogP contribution in [0.4, 0.5) is 11.5 Å². The molecule has 2 aromatic rings. The van der Waals surface area contributed by atoms with Crippen LogP contribution in [0.3, 0.4) is 0 Å². The summed E-state index contributed by atoms with van der Waals surface area (Å²) in [6, 6.07) is 6.51. The van der Waals surface area contributed by atoms with Gasteiger partial charge < -0.3 is 20.5 Å². The average molecular weight is 299 g/mol. The van der Waals surface area contributed by atoms with Gasteiger partial charge in [-0.2, -0.15) is 0 Å². The Morgan fingerprint density at radius 2 is 2.00 bits per heavy atom. The van der Waals surface area contributed by atoms with Gasteiger partial charge in [0.1, 0.15) is 5.82 Å². The van der Waals surface area contributed by atoms with Crippen LogP contribution in [0.2, 0.25) is 0 Å². The maximum absolute atomic E-state index is 12.0. The van der Waals surface area contributed by atoms with Gasteiger partial charge in [0.05, 0.1) is 17.4 Å². The molecular formula is C15H17N5O2. The highest BCUT2D eigenvalue weighted by Gasteiger charge is 2.11. The maximum Gasteiger partial charge on any atom is 0.258 e. The van der Waals surface area contributed by atoms with Crippen LogP contribution in [-0.4, -0.2) is 42.1 Å². The summed E-state index contributed by atoms with van der Waals surface area (Å²) in [5.74, 6) is 0.175. The van der Waals surface area contributed by atoms with Crippen molar-refractivity contribution in [2.45, 2.75) is 0 Å². The summed E-state index contributed by atoms with van der Waals surface area (Å²) in [4.78, 5) is 32.0. The van der Waals surface area contributed by atoms with Crippen LogP contribution in [0.15, 0.2) is 41.5 Å². The van der Waals surface area contributed by atoms with Gasteiger partial charge in [0.25, 0.3) is 5.91 Å². The Hall–Kier alpha value is -2.67. The molecule has 0 bridgehead atoms. The minimum atomic E-state index is -0.307. The van der Waals surface area contributed by atoms with E-state index in [9.17, 15) is 9.59 Å². The highest BCUT2D eigenvalue weighted by molar-refractivity contribution is 6.03. The maximum atomic E-state index is 12.0. The van der Waals surface area contributed by atoms with Crippen LogP contribution < -0.4 is 21.1 Å². The Bertz CT molecular complexity index is 684. The van der Waals surface area contributed by atoms with E-state index in [0.29, 0.717) is 11.4 Å². The number of rotatable bonds is 3. The molecule has 3 N–H and O–H groups in total. The number of nitrogens with one attached hydrogen (secondary N) is 3. The lowest BCUT2D eigenvalue weighted by atomic mass is 10.2. The van der Waals surface area contributed by atoms with Gasteiger partial charge in [0.2, 0.25) is 5.56 Å². The van der Waals surface area contributed by atoms with Crippen LogP contribution in [0, 0.1) is 0 Å². The van der Waals surface area contributed by atoms with Crippen LogP contribution >= 0.6 is 0 Å². The van der Waals surface area contributed by atoms with Gasteiger partial charge in [-0.3, -0.25) is 9.59 Å². The van der Waals surface area contributed by atoms with Crippen LogP contribution in [0.25, 0.3) is 0 Å². The van der Waals surface area contributed by atoms with Gasteiger partial charge >= 0.3 is 0 Å². The van der Waals surface area contributed by atoms with Crippen molar-refractivity contribution in [3.8, 4) is 0 Å². The molecular weight excluding hydrogens is 282 g/mol. The molecule has 7 nitrogen and oxygen atoms in total. The lowest BCUT2D eigenvalue weighted by molar-refractivity contribution is 0.102. The van der Waals surface area contributed by atoms with Gasteiger partial charge in [-0.05, 0) is 18.2 Å². The number of anilines is 2. The summed E-state index contributed by atoms with van der Waals surface area (Å²) in [5.41, 5.74) is 1.19. The predicted octanol–water partition coefficient (Wildman–Crippen LogP) is 0.432. The first kappa shape index (κ1) is 14.3. The Morgan fingerprint density at radius 3 is 2.64 bits per heavy atom. The third kappa shape index (κ3) is 3.32. The Kier molecular flexibility index (Phi) is 4.15. The van der Waals surface area contributed by atoms with Crippen molar-refractivity contribution in [2.24, 2.45) is 0 Å². The molecule has 0 atom stereocenters. The number of pyridine rings is 2. The number of nitrogens with zero attached hydrogens (tertiary/aromatic N) is 2. The SMILES string of the molecule is O=C(Nc1ccc(N2CCNCC2)cn1)c1ccc(=O)[nH]c1. The van der Waals surface area contributed by atoms with Gasteiger partial charge in [0, 0.05) is 38.4 Å². The number of aromatic nitrogens is 2. The molecule has 0 aromatic carbocycles. The summed E-state index contributed by atoms with van der Waals surface area (Å²) >= 11 is 0. The quantitative estimate of drug-likeness (QED) is 0.765. The fraction of sp³-hybridized carbons (Fsp3) is 0.267. The van der Waals surface area contributed by atoms with E-state index in [2.05, 4.69) is 25.5 Å². The number of carbonyl (C=O) groups is 1. The predicted molar refractivity (Wildman–Crippen MR) is 84.3 cm³/mol. The minimum absolute atomic E-state index is 0.241. The van der Waals surface area contributed by atoms with E-state index in [1.165, 1.54) is 18.3 Å². The van der Waals surface area contributed by atoms with E-state index in [1.807, 2.05) is 6.07 Å². The number of H-pyrrole nitrogens is 1. The second-order valence-corrected chi connectivity index (χ2v) is 5.03. The van der Waals surface area contributed by atoms with Gasteiger partial charge in [-0.25, -0.2) is 4.98 Å². The fourth-order valence-electron chi connectivity index (χ4n) is 2.31. The third-order valence-electron chi connectivity index (χ3n) is 3.52. The second kappa shape index (κ2) is 6.40. The van der Waals surface area contributed by atoms with E-state index in [4.69, 9.17) is 0 Å². The van der Waals surface area contributed by atoms with E-state index in [1.54, 1.807) is 12.3 Å². The number of hydrogen-bond acceptors (Lipinski definition) is 5. The minimum Gasteiger partial charge on any atom is -0.368 e. The second-order valence-electron chi connectivity index (χ2n) is 5.03. The molecule has 1 saturated heterocycles. The van der Waals surface area contributed by atoms with E-state index in [0.717, 1.165) is 31.9 Å². The molecule has 7 heteroatoms. The van der Waals surface area contributed by atoms with E-state index < -0.39 is 0 Å². The fourth-order valence-corrected chi connectivity index (χ4v) is 2.31. The molecule has 1 fully saturated rings. The molecule has 0 saturated carbocycles. The molecule has 3 heterocycles.